The summed E-state index contributed by atoms with van der Waals surface area (Å²) in [6.45, 7) is 0. The molecule has 0 aliphatic rings. The maximum absolute atomic E-state index is 14.3. The Morgan fingerprint density at radius 3 is 2.59 bits per heavy atom. The molecule has 3 rings (SSSR count). The first kappa shape index (κ1) is 19.3. The van der Waals surface area contributed by atoms with E-state index < -0.39 is 17.6 Å². The molecule has 0 amide bonds. The quantitative estimate of drug-likeness (QED) is 0.539. The number of oxazole rings is 1. The van der Waals surface area contributed by atoms with Gasteiger partial charge in [0.1, 0.15) is 17.3 Å². The molecule has 2 aromatic carbocycles. The Morgan fingerprint density at radius 1 is 1.11 bits per heavy atom. The van der Waals surface area contributed by atoms with Crippen molar-refractivity contribution in [3.8, 4) is 22.6 Å². The lowest BCUT2D eigenvalue weighted by molar-refractivity contribution is -0.137. The summed E-state index contributed by atoms with van der Waals surface area (Å²) in [4.78, 5) is 15.0. The first-order valence-corrected chi connectivity index (χ1v) is 8.73. The van der Waals surface area contributed by atoms with E-state index >= 15 is 0 Å². The minimum atomic E-state index is -0.942. The summed E-state index contributed by atoms with van der Waals surface area (Å²) in [6.07, 6.45) is 0.466. The second-order valence-electron chi connectivity index (χ2n) is 5.79. The Morgan fingerprint density at radius 2 is 1.89 bits per heavy atom. The van der Waals surface area contributed by atoms with Gasteiger partial charge in [-0.2, -0.15) is 0 Å². The molecule has 27 heavy (non-hydrogen) atoms. The average molecular weight is 412 g/mol. The predicted octanol–water partition coefficient (Wildman–Crippen LogP) is 6.00. The summed E-state index contributed by atoms with van der Waals surface area (Å²) in [7, 11) is 0. The molecule has 0 bridgehead atoms. The molecular weight excluding hydrogens is 399 g/mol. The van der Waals surface area contributed by atoms with Gasteiger partial charge in [-0.25, -0.2) is 13.8 Å². The lowest BCUT2D eigenvalue weighted by atomic mass is 10.1. The molecule has 1 N–H and O–H groups in total. The van der Waals surface area contributed by atoms with E-state index in [9.17, 15) is 13.6 Å². The van der Waals surface area contributed by atoms with Gasteiger partial charge in [-0.3, -0.25) is 4.79 Å². The van der Waals surface area contributed by atoms with Gasteiger partial charge in [-0.1, -0.05) is 29.3 Å². The highest BCUT2D eigenvalue weighted by Crippen LogP contribution is 2.37. The van der Waals surface area contributed by atoms with Crippen molar-refractivity contribution in [3.05, 3.63) is 64.0 Å². The zero-order valence-corrected chi connectivity index (χ0v) is 15.3. The fraction of sp³-hybridized carbons (Fsp3) is 0.158. The molecule has 0 aliphatic heterocycles. The van der Waals surface area contributed by atoms with E-state index in [1.54, 1.807) is 18.2 Å². The number of carboxylic acid groups (broad SMARTS) is 1. The van der Waals surface area contributed by atoms with Crippen LogP contribution in [0.2, 0.25) is 10.0 Å². The van der Waals surface area contributed by atoms with Crippen LogP contribution in [0.5, 0.6) is 0 Å². The Kier molecular flexibility index (Phi) is 5.77. The SMILES string of the molecule is O=C(O)CCCc1nc(-c2ccc(Cl)c(Cl)c2)c(-c2cc(F)ccc2F)o1. The molecule has 0 radical (unpaired) electrons. The Balaban J connectivity index is 2.08. The van der Waals surface area contributed by atoms with Crippen molar-refractivity contribution in [2.75, 3.05) is 0 Å². The number of rotatable bonds is 6. The standard InChI is InChI=1S/C19H13Cl2F2NO3/c20-13-6-4-10(8-14(13)21)18-19(12-9-11(22)5-7-15(12)23)27-16(24-18)2-1-3-17(25)26/h4-9H,1-3H2,(H,25,26). The summed E-state index contributed by atoms with van der Waals surface area (Å²) < 4.78 is 33.6. The fourth-order valence-corrected chi connectivity index (χ4v) is 2.85. The smallest absolute Gasteiger partial charge is 0.303 e. The molecule has 4 nitrogen and oxygen atoms in total. The first-order chi connectivity index (χ1) is 12.8. The fourth-order valence-electron chi connectivity index (χ4n) is 2.56. The molecule has 0 spiro atoms. The van der Waals surface area contributed by atoms with Crippen molar-refractivity contribution in [3.63, 3.8) is 0 Å². The highest BCUT2D eigenvalue weighted by atomic mass is 35.5. The maximum Gasteiger partial charge on any atom is 0.303 e. The molecule has 8 heteroatoms. The van der Waals surface area contributed by atoms with Gasteiger partial charge < -0.3 is 9.52 Å². The average Bonchev–Trinajstić information content (AvgIpc) is 3.03. The number of hydrogen-bond acceptors (Lipinski definition) is 3. The van der Waals surface area contributed by atoms with Gasteiger partial charge in [0.25, 0.3) is 0 Å². The summed E-state index contributed by atoms with van der Waals surface area (Å²) in [6, 6.07) is 7.75. The molecule has 1 aromatic heterocycles. The minimum Gasteiger partial charge on any atom is -0.481 e. The number of aryl methyl sites for hydroxylation is 1. The molecule has 1 heterocycles. The van der Waals surface area contributed by atoms with Crippen molar-refractivity contribution in [1.82, 2.24) is 4.98 Å². The van der Waals surface area contributed by atoms with E-state index in [-0.39, 0.29) is 40.8 Å². The highest BCUT2D eigenvalue weighted by Gasteiger charge is 2.21. The summed E-state index contributed by atoms with van der Waals surface area (Å²) in [5.41, 5.74) is 0.688. The van der Waals surface area contributed by atoms with Crippen LogP contribution in [0.25, 0.3) is 22.6 Å². The van der Waals surface area contributed by atoms with Crippen LogP contribution < -0.4 is 0 Å². The van der Waals surface area contributed by atoms with Crippen molar-refractivity contribution in [2.24, 2.45) is 0 Å². The maximum atomic E-state index is 14.3. The van der Waals surface area contributed by atoms with Crippen molar-refractivity contribution >= 4 is 29.2 Å². The molecule has 0 unspecified atom stereocenters. The molecule has 0 atom stereocenters. The van der Waals surface area contributed by atoms with Gasteiger partial charge in [0.2, 0.25) is 0 Å². The molecule has 140 valence electrons. The van der Waals surface area contributed by atoms with Crippen LogP contribution in [-0.2, 0) is 11.2 Å². The third-order valence-corrected chi connectivity index (χ3v) is 4.56. The van der Waals surface area contributed by atoms with Crippen molar-refractivity contribution < 1.29 is 23.1 Å². The van der Waals surface area contributed by atoms with Gasteiger partial charge in [0, 0.05) is 18.4 Å². The number of hydrogen-bond donors (Lipinski definition) is 1. The van der Waals surface area contributed by atoms with Crippen LogP contribution in [-0.4, -0.2) is 16.1 Å². The topological polar surface area (TPSA) is 63.3 Å². The third kappa shape index (κ3) is 4.46. The van der Waals surface area contributed by atoms with Crippen LogP contribution >= 0.6 is 23.2 Å². The molecular formula is C19H13Cl2F2NO3. The number of nitrogens with zero attached hydrogens (tertiary/aromatic N) is 1. The van der Waals surface area contributed by atoms with Gasteiger partial charge in [-0.05, 0) is 36.8 Å². The normalized spacial score (nSPS) is 11.0. The predicted molar refractivity (Wildman–Crippen MR) is 97.9 cm³/mol. The van der Waals surface area contributed by atoms with Gasteiger partial charge in [0.15, 0.2) is 11.7 Å². The van der Waals surface area contributed by atoms with E-state index in [2.05, 4.69) is 4.98 Å². The number of benzene rings is 2. The van der Waals surface area contributed by atoms with E-state index in [1.807, 2.05) is 0 Å². The number of carboxylic acids is 1. The van der Waals surface area contributed by atoms with Gasteiger partial charge >= 0.3 is 5.97 Å². The van der Waals surface area contributed by atoms with E-state index in [0.717, 1.165) is 18.2 Å². The largest absolute Gasteiger partial charge is 0.481 e. The van der Waals surface area contributed by atoms with E-state index in [1.165, 1.54) is 0 Å². The molecule has 3 aromatic rings. The van der Waals surface area contributed by atoms with Crippen LogP contribution in [0.15, 0.2) is 40.8 Å². The molecule has 0 saturated carbocycles. The van der Waals surface area contributed by atoms with Crippen LogP contribution in [0.1, 0.15) is 18.7 Å². The summed E-state index contributed by atoms with van der Waals surface area (Å²) in [5.74, 6) is -1.99. The van der Waals surface area contributed by atoms with Crippen LogP contribution in [0, 0.1) is 11.6 Å². The summed E-state index contributed by atoms with van der Waals surface area (Å²) >= 11 is 12.0. The van der Waals surface area contributed by atoms with Gasteiger partial charge in [0.05, 0.1) is 15.6 Å². The number of aromatic nitrogens is 1. The highest BCUT2D eigenvalue weighted by molar-refractivity contribution is 6.42. The van der Waals surface area contributed by atoms with Crippen molar-refractivity contribution in [1.29, 1.82) is 0 Å². The molecule has 0 fully saturated rings. The zero-order chi connectivity index (χ0) is 19.6. The van der Waals surface area contributed by atoms with E-state index in [4.69, 9.17) is 32.7 Å². The molecule has 0 saturated heterocycles. The minimum absolute atomic E-state index is 0.0377. The van der Waals surface area contributed by atoms with Gasteiger partial charge in [-0.15, -0.1) is 0 Å². The first-order valence-electron chi connectivity index (χ1n) is 7.97. The second-order valence-corrected chi connectivity index (χ2v) is 6.60. The lowest BCUT2D eigenvalue weighted by Gasteiger charge is -2.04. The Hall–Kier alpha value is -2.44. The van der Waals surface area contributed by atoms with Crippen LogP contribution in [0.4, 0.5) is 8.78 Å². The number of aliphatic carboxylic acids is 1. The number of halogens is 4. The molecule has 0 aliphatic carbocycles. The number of carbonyl (C=O) groups is 1. The summed E-state index contributed by atoms with van der Waals surface area (Å²) in [5, 5.41) is 9.37. The Bertz CT molecular complexity index is 1000. The monoisotopic (exact) mass is 411 g/mol. The Labute approximate surface area is 163 Å². The zero-order valence-electron chi connectivity index (χ0n) is 13.8. The van der Waals surface area contributed by atoms with Crippen LogP contribution in [0.3, 0.4) is 0 Å². The third-order valence-electron chi connectivity index (χ3n) is 3.82. The second kappa shape index (κ2) is 8.06. The van der Waals surface area contributed by atoms with E-state index in [0.29, 0.717) is 17.0 Å². The lowest BCUT2D eigenvalue weighted by Crippen LogP contribution is -1.95. The van der Waals surface area contributed by atoms with Crippen molar-refractivity contribution in [2.45, 2.75) is 19.3 Å².